The Balaban J connectivity index is 1.43. The number of carbonyl (C=O) groups is 2. The van der Waals surface area contributed by atoms with E-state index >= 15 is 0 Å². The molecule has 0 aliphatic carbocycles. The zero-order valence-corrected chi connectivity index (χ0v) is 15.6. The van der Waals surface area contributed by atoms with Gasteiger partial charge < -0.3 is 10.1 Å². The van der Waals surface area contributed by atoms with E-state index in [0.717, 1.165) is 22.9 Å². The monoisotopic (exact) mass is 387 g/mol. The molecule has 1 aromatic heterocycles. The molecule has 2 aromatic carbocycles. The normalized spacial score (nSPS) is 10.7. The van der Waals surface area contributed by atoms with Gasteiger partial charge in [-0.25, -0.2) is 4.79 Å². The second-order valence-electron chi connectivity index (χ2n) is 5.76. The van der Waals surface area contributed by atoms with Crippen LogP contribution in [-0.2, 0) is 16.0 Å². The van der Waals surface area contributed by atoms with Crippen molar-refractivity contribution in [2.45, 2.75) is 12.8 Å². The number of nitrogens with one attached hydrogen (secondary N) is 1. The van der Waals surface area contributed by atoms with Gasteiger partial charge in [0.2, 0.25) is 0 Å². The number of ether oxygens (including phenoxy) is 1. The fourth-order valence-electron chi connectivity index (χ4n) is 2.56. The Labute approximate surface area is 160 Å². The molecule has 0 atom stereocenters. The van der Waals surface area contributed by atoms with Crippen molar-refractivity contribution in [2.24, 2.45) is 0 Å². The van der Waals surface area contributed by atoms with Crippen LogP contribution in [0.1, 0.15) is 21.7 Å². The molecule has 0 saturated heterocycles. The minimum absolute atomic E-state index is 0.311. The van der Waals surface area contributed by atoms with Crippen LogP contribution < -0.4 is 5.32 Å². The van der Waals surface area contributed by atoms with E-state index in [0.29, 0.717) is 16.4 Å². The Morgan fingerprint density at radius 3 is 2.54 bits per heavy atom. The maximum absolute atomic E-state index is 12.2. The molecule has 3 rings (SSSR count). The minimum Gasteiger partial charge on any atom is -0.451 e. The number of rotatable bonds is 7. The Morgan fingerprint density at radius 1 is 1.04 bits per heavy atom. The van der Waals surface area contributed by atoms with E-state index in [1.807, 2.05) is 42.5 Å². The van der Waals surface area contributed by atoms with Crippen LogP contribution in [0.3, 0.4) is 0 Å². The maximum Gasteiger partial charge on any atom is 0.350 e. The van der Waals surface area contributed by atoms with Gasteiger partial charge in [-0.05, 0) is 24.5 Å². The van der Waals surface area contributed by atoms with Gasteiger partial charge in [0.25, 0.3) is 5.91 Å². The summed E-state index contributed by atoms with van der Waals surface area (Å²) in [5, 5.41) is 3.95. The summed E-state index contributed by atoms with van der Waals surface area (Å²) in [6, 6.07) is 17.6. The molecule has 4 nitrogen and oxygen atoms in total. The first-order valence-corrected chi connectivity index (χ1v) is 9.49. The van der Waals surface area contributed by atoms with E-state index in [1.54, 1.807) is 0 Å². The Morgan fingerprint density at radius 2 is 1.77 bits per heavy atom. The van der Waals surface area contributed by atoms with E-state index in [2.05, 4.69) is 17.4 Å². The quantitative estimate of drug-likeness (QED) is 0.481. The van der Waals surface area contributed by atoms with Gasteiger partial charge in [-0.15, -0.1) is 11.3 Å². The highest BCUT2D eigenvalue weighted by Gasteiger charge is 2.19. The van der Waals surface area contributed by atoms with Gasteiger partial charge in [-0.1, -0.05) is 60.1 Å². The van der Waals surface area contributed by atoms with Crippen molar-refractivity contribution < 1.29 is 14.3 Å². The number of carbonyl (C=O) groups excluding carboxylic acids is 2. The number of hydrogen-bond acceptors (Lipinski definition) is 4. The molecule has 3 aromatic rings. The summed E-state index contributed by atoms with van der Waals surface area (Å²) < 4.78 is 6.00. The van der Waals surface area contributed by atoms with Gasteiger partial charge in [0.05, 0.1) is 5.02 Å². The van der Waals surface area contributed by atoms with Gasteiger partial charge in [0, 0.05) is 16.6 Å². The number of aryl methyl sites for hydroxylation is 1. The number of thiophene rings is 1. The zero-order chi connectivity index (χ0) is 18.4. The molecule has 26 heavy (non-hydrogen) atoms. The van der Waals surface area contributed by atoms with Crippen LogP contribution in [0.4, 0.5) is 0 Å². The number of halogens is 1. The number of amides is 1. The van der Waals surface area contributed by atoms with Crippen LogP contribution in [0.25, 0.3) is 10.1 Å². The van der Waals surface area contributed by atoms with Crippen LogP contribution in [-0.4, -0.2) is 25.0 Å². The minimum atomic E-state index is -0.573. The predicted octanol–water partition coefficient (Wildman–Crippen LogP) is 4.46. The number of hydrogen-bond donors (Lipinski definition) is 1. The zero-order valence-electron chi connectivity index (χ0n) is 14.0. The third kappa shape index (κ3) is 4.62. The van der Waals surface area contributed by atoms with Gasteiger partial charge in [0.1, 0.15) is 4.88 Å². The van der Waals surface area contributed by atoms with Crippen LogP contribution >= 0.6 is 22.9 Å². The Bertz CT molecular complexity index is 908. The van der Waals surface area contributed by atoms with Crippen LogP contribution in [0, 0.1) is 0 Å². The highest BCUT2D eigenvalue weighted by atomic mass is 35.5. The number of esters is 1. The molecule has 0 saturated carbocycles. The van der Waals surface area contributed by atoms with Crippen molar-refractivity contribution in [1.29, 1.82) is 0 Å². The standard InChI is InChI=1S/C20H18ClNO3S/c21-18-15-10-4-5-11-16(15)26-19(18)20(24)25-13-17(23)22-12-6-9-14-7-2-1-3-8-14/h1-5,7-8,10-11H,6,9,12-13H2,(H,22,23). The molecule has 0 radical (unpaired) electrons. The van der Waals surface area contributed by atoms with Crippen molar-refractivity contribution in [1.82, 2.24) is 5.32 Å². The van der Waals surface area contributed by atoms with E-state index in [9.17, 15) is 9.59 Å². The summed E-state index contributed by atoms with van der Waals surface area (Å²) >= 11 is 7.50. The number of benzene rings is 2. The van der Waals surface area contributed by atoms with Gasteiger partial charge in [-0.3, -0.25) is 4.79 Å². The molecule has 134 valence electrons. The third-order valence-corrected chi connectivity index (χ3v) is 5.52. The molecule has 1 amide bonds. The first-order chi connectivity index (χ1) is 12.6. The molecule has 0 unspecified atom stereocenters. The van der Waals surface area contributed by atoms with Gasteiger partial charge in [0.15, 0.2) is 6.61 Å². The lowest BCUT2D eigenvalue weighted by Crippen LogP contribution is -2.29. The average molecular weight is 388 g/mol. The summed E-state index contributed by atoms with van der Waals surface area (Å²) in [6.45, 7) is 0.226. The van der Waals surface area contributed by atoms with E-state index in [4.69, 9.17) is 16.3 Å². The van der Waals surface area contributed by atoms with Crippen molar-refractivity contribution in [3.63, 3.8) is 0 Å². The second kappa shape index (κ2) is 8.83. The summed E-state index contributed by atoms with van der Waals surface area (Å²) in [4.78, 5) is 24.3. The summed E-state index contributed by atoms with van der Waals surface area (Å²) in [6.07, 6.45) is 1.71. The fraction of sp³-hybridized carbons (Fsp3) is 0.200. The van der Waals surface area contributed by atoms with Crippen molar-refractivity contribution in [2.75, 3.05) is 13.2 Å². The maximum atomic E-state index is 12.2. The van der Waals surface area contributed by atoms with E-state index < -0.39 is 5.97 Å². The third-order valence-electron chi connectivity index (χ3n) is 3.86. The molecular weight excluding hydrogens is 370 g/mol. The largest absolute Gasteiger partial charge is 0.451 e. The van der Waals surface area contributed by atoms with E-state index in [-0.39, 0.29) is 12.5 Å². The topological polar surface area (TPSA) is 55.4 Å². The van der Waals surface area contributed by atoms with Crippen molar-refractivity contribution >= 4 is 44.9 Å². The smallest absolute Gasteiger partial charge is 0.350 e. The molecular formula is C20H18ClNO3S. The second-order valence-corrected chi connectivity index (χ2v) is 7.19. The van der Waals surface area contributed by atoms with Crippen LogP contribution in [0.5, 0.6) is 0 Å². The van der Waals surface area contributed by atoms with Gasteiger partial charge in [-0.2, -0.15) is 0 Å². The molecule has 0 fully saturated rings. The first kappa shape index (κ1) is 18.4. The highest BCUT2D eigenvalue weighted by Crippen LogP contribution is 2.35. The van der Waals surface area contributed by atoms with E-state index in [1.165, 1.54) is 16.9 Å². The molecule has 0 bridgehead atoms. The summed E-state index contributed by atoms with van der Waals surface area (Å²) in [5.41, 5.74) is 1.23. The van der Waals surface area contributed by atoms with Crippen molar-refractivity contribution in [3.05, 3.63) is 70.1 Å². The van der Waals surface area contributed by atoms with Crippen LogP contribution in [0.2, 0.25) is 5.02 Å². The Hall–Kier alpha value is -2.37. The molecule has 1 N–H and O–H groups in total. The molecule has 0 aliphatic heterocycles. The average Bonchev–Trinajstić information content (AvgIpc) is 3.01. The molecule has 1 heterocycles. The lowest BCUT2D eigenvalue weighted by atomic mass is 10.1. The predicted molar refractivity (Wildman–Crippen MR) is 105 cm³/mol. The molecule has 0 aliphatic rings. The van der Waals surface area contributed by atoms with Gasteiger partial charge >= 0.3 is 5.97 Å². The summed E-state index contributed by atoms with van der Waals surface area (Å²) in [5.74, 6) is -0.890. The SMILES string of the molecule is O=C(COC(=O)c1sc2ccccc2c1Cl)NCCCc1ccccc1. The first-order valence-electron chi connectivity index (χ1n) is 8.30. The summed E-state index contributed by atoms with van der Waals surface area (Å²) in [7, 11) is 0. The van der Waals surface area contributed by atoms with Crippen LogP contribution in [0.15, 0.2) is 54.6 Å². The lowest BCUT2D eigenvalue weighted by molar-refractivity contribution is -0.124. The number of fused-ring (bicyclic) bond motifs is 1. The lowest BCUT2D eigenvalue weighted by Gasteiger charge is -2.06. The Kier molecular flexibility index (Phi) is 6.26. The van der Waals surface area contributed by atoms with Crippen molar-refractivity contribution in [3.8, 4) is 0 Å². The fourth-order valence-corrected chi connectivity index (χ4v) is 3.96. The molecule has 0 spiro atoms. The highest BCUT2D eigenvalue weighted by molar-refractivity contribution is 7.21. The molecule has 6 heteroatoms.